The molecule has 1 fully saturated rings. The Labute approximate surface area is 158 Å². The Bertz CT molecular complexity index is 899. The molecule has 3 N–H and O–H groups in total. The topological polar surface area (TPSA) is 70.7 Å². The first-order valence-electron chi connectivity index (χ1n) is 9.32. The molecular formula is C21H23FN4O. The zero-order valence-corrected chi connectivity index (χ0v) is 15.3. The number of piperidine rings is 1. The van der Waals surface area contributed by atoms with E-state index < -0.39 is 5.66 Å². The number of carbonyl (C=O) groups excluding carboxylic acids is 1. The predicted octanol–water partition coefficient (Wildman–Crippen LogP) is 3.15. The van der Waals surface area contributed by atoms with Gasteiger partial charge in [0.05, 0.1) is 5.56 Å². The van der Waals surface area contributed by atoms with Gasteiger partial charge in [-0.3, -0.25) is 4.79 Å². The lowest BCUT2D eigenvalue weighted by Crippen LogP contribution is -2.52. The molecule has 1 spiro atoms. The van der Waals surface area contributed by atoms with E-state index in [1.807, 2.05) is 35.2 Å². The van der Waals surface area contributed by atoms with Gasteiger partial charge in [-0.2, -0.15) is 0 Å². The normalized spacial score (nSPS) is 17.9. The number of carbonyl (C=O) groups is 1. The summed E-state index contributed by atoms with van der Waals surface area (Å²) in [6.07, 6.45) is 2.21. The van der Waals surface area contributed by atoms with Crippen LogP contribution in [0.2, 0.25) is 0 Å². The van der Waals surface area contributed by atoms with Crippen molar-refractivity contribution in [3.05, 3.63) is 65.0 Å². The van der Waals surface area contributed by atoms with Crippen LogP contribution in [0.3, 0.4) is 0 Å². The molecule has 4 rings (SSSR count). The van der Waals surface area contributed by atoms with Crippen LogP contribution in [-0.4, -0.2) is 35.4 Å². The maximum atomic E-state index is 14.0. The van der Waals surface area contributed by atoms with Crippen molar-refractivity contribution in [3.63, 3.8) is 0 Å². The minimum Gasteiger partial charge on any atom is -0.383 e. The second-order valence-electron chi connectivity index (χ2n) is 7.16. The molecule has 27 heavy (non-hydrogen) atoms. The predicted molar refractivity (Wildman–Crippen MR) is 104 cm³/mol. The van der Waals surface area contributed by atoms with Crippen molar-refractivity contribution in [3.8, 4) is 0 Å². The van der Waals surface area contributed by atoms with Gasteiger partial charge >= 0.3 is 0 Å². The highest BCUT2D eigenvalue weighted by Crippen LogP contribution is 2.35. The van der Waals surface area contributed by atoms with E-state index in [-0.39, 0.29) is 17.6 Å². The summed E-state index contributed by atoms with van der Waals surface area (Å²) < 4.78 is 14.0. The summed E-state index contributed by atoms with van der Waals surface area (Å²) in [5.74, 6) is -0.122. The first kappa shape index (κ1) is 17.5. The minimum atomic E-state index is -0.576. The van der Waals surface area contributed by atoms with Crippen molar-refractivity contribution in [1.29, 1.82) is 0 Å². The van der Waals surface area contributed by atoms with Gasteiger partial charge in [-0.05, 0) is 36.2 Å². The monoisotopic (exact) mass is 366 g/mol. The van der Waals surface area contributed by atoms with Crippen molar-refractivity contribution < 1.29 is 9.18 Å². The van der Waals surface area contributed by atoms with E-state index in [1.54, 1.807) is 6.07 Å². The first-order valence-corrected chi connectivity index (χ1v) is 9.32. The first-order chi connectivity index (χ1) is 13.0. The third kappa shape index (κ3) is 3.16. The van der Waals surface area contributed by atoms with Crippen LogP contribution in [0.5, 0.6) is 0 Å². The van der Waals surface area contributed by atoms with E-state index in [4.69, 9.17) is 5.73 Å². The summed E-state index contributed by atoms with van der Waals surface area (Å²) >= 11 is 0. The molecule has 2 aliphatic rings. The number of aryl methyl sites for hydroxylation is 1. The van der Waals surface area contributed by atoms with Gasteiger partial charge in [-0.15, -0.1) is 0 Å². The van der Waals surface area contributed by atoms with Crippen LogP contribution in [0, 0.1) is 5.82 Å². The van der Waals surface area contributed by atoms with E-state index in [1.165, 1.54) is 11.6 Å². The molecule has 0 atom stereocenters. The Morgan fingerprint density at radius 3 is 2.59 bits per heavy atom. The summed E-state index contributed by atoms with van der Waals surface area (Å²) in [7, 11) is 0. The Morgan fingerprint density at radius 1 is 1.22 bits per heavy atom. The molecule has 5 nitrogen and oxygen atoms in total. The molecule has 1 amide bonds. The standard InChI is InChI=1S/C21H23FN4O/c1-2-14-6-8-15(9-7-14)20(27)26-12-10-21(11-13-26)24-17-5-3-4-16(22)18(17)19(23)25-21/h3-9,24H,2,10-13H2,1H3,(H2,23,25). The smallest absolute Gasteiger partial charge is 0.253 e. The van der Waals surface area contributed by atoms with E-state index in [0.29, 0.717) is 42.7 Å². The number of nitrogens with zero attached hydrogens (tertiary/aromatic N) is 2. The molecule has 2 heterocycles. The number of hydrogen-bond donors (Lipinski definition) is 2. The molecule has 0 unspecified atom stereocenters. The number of rotatable bonds is 2. The minimum absolute atomic E-state index is 0.0340. The number of benzene rings is 2. The van der Waals surface area contributed by atoms with Crippen molar-refractivity contribution in [1.82, 2.24) is 4.90 Å². The largest absolute Gasteiger partial charge is 0.383 e. The van der Waals surface area contributed by atoms with Gasteiger partial charge in [0, 0.05) is 37.2 Å². The Hall–Kier alpha value is -2.89. The molecule has 2 aromatic rings. The highest BCUT2D eigenvalue weighted by Gasteiger charge is 2.39. The average Bonchev–Trinajstić information content (AvgIpc) is 2.68. The summed E-state index contributed by atoms with van der Waals surface area (Å²) in [6, 6.07) is 12.6. The summed E-state index contributed by atoms with van der Waals surface area (Å²) in [5, 5.41) is 3.35. The molecule has 6 heteroatoms. The number of aliphatic imine (C=N–C) groups is 1. The van der Waals surface area contributed by atoms with Crippen molar-refractivity contribution in [2.75, 3.05) is 18.4 Å². The lowest BCUT2D eigenvalue weighted by molar-refractivity contribution is 0.0685. The van der Waals surface area contributed by atoms with E-state index >= 15 is 0 Å². The van der Waals surface area contributed by atoms with E-state index in [2.05, 4.69) is 17.2 Å². The maximum absolute atomic E-state index is 14.0. The molecule has 2 aromatic carbocycles. The highest BCUT2D eigenvalue weighted by atomic mass is 19.1. The van der Waals surface area contributed by atoms with E-state index in [0.717, 1.165) is 6.42 Å². The molecule has 0 radical (unpaired) electrons. The van der Waals surface area contributed by atoms with Crippen LogP contribution in [0.15, 0.2) is 47.5 Å². The number of hydrogen-bond acceptors (Lipinski definition) is 4. The number of likely N-dealkylation sites (tertiary alicyclic amines) is 1. The third-order valence-corrected chi connectivity index (χ3v) is 5.46. The fourth-order valence-corrected chi connectivity index (χ4v) is 3.84. The van der Waals surface area contributed by atoms with Crippen molar-refractivity contribution in [2.45, 2.75) is 31.8 Å². The van der Waals surface area contributed by atoms with Crippen LogP contribution < -0.4 is 11.1 Å². The number of anilines is 1. The molecule has 0 bridgehead atoms. The van der Waals surface area contributed by atoms with Crippen LogP contribution in [-0.2, 0) is 6.42 Å². The summed E-state index contributed by atoms with van der Waals surface area (Å²) in [6.45, 7) is 3.24. The van der Waals surface area contributed by atoms with Crippen LogP contribution in [0.25, 0.3) is 0 Å². The lowest BCUT2D eigenvalue weighted by atomic mass is 9.93. The Balaban J connectivity index is 1.49. The Morgan fingerprint density at radius 2 is 1.93 bits per heavy atom. The number of amides is 1. The quantitative estimate of drug-likeness (QED) is 0.858. The number of nitrogens with one attached hydrogen (secondary N) is 1. The van der Waals surface area contributed by atoms with Gasteiger partial charge in [0.1, 0.15) is 17.3 Å². The molecular weight excluding hydrogens is 343 g/mol. The molecule has 0 aliphatic carbocycles. The Kier molecular flexibility index (Phi) is 4.34. The van der Waals surface area contributed by atoms with E-state index in [9.17, 15) is 9.18 Å². The fourth-order valence-electron chi connectivity index (χ4n) is 3.84. The van der Waals surface area contributed by atoms with Gasteiger partial charge in [0.25, 0.3) is 5.91 Å². The number of halogens is 1. The third-order valence-electron chi connectivity index (χ3n) is 5.46. The van der Waals surface area contributed by atoms with Crippen LogP contribution in [0.4, 0.5) is 10.1 Å². The van der Waals surface area contributed by atoms with Gasteiger partial charge in [0.2, 0.25) is 0 Å². The molecule has 1 saturated heterocycles. The zero-order chi connectivity index (χ0) is 19.0. The number of nitrogens with two attached hydrogens (primary N) is 1. The van der Waals surface area contributed by atoms with Crippen LogP contribution in [0.1, 0.15) is 41.3 Å². The van der Waals surface area contributed by atoms with Gasteiger partial charge in [0.15, 0.2) is 0 Å². The fraction of sp³-hybridized carbons (Fsp3) is 0.333. The highest BCUT2D eigenvalue weighted by molar-refractivity contribution is 6.04. The summed E-state index contributed by atoms with van der Waals surface area (Å²) in [5.41, 5.74) is 8.39. The zero-order valence-electron chi connectivity index (χ0n) is 15.3. The molecule has 0 aromatic heterocycles. The van der Waals surface area contributed by atoms with Gasteiger partial charge in [-0.25, -0.2) is 9.38 Å². The number of amidine groups is 1. The molecule has 140 valence electrons. The SMILES string of the molecule is CCc1ccc(C(=O)N2CCC3(CC2)N=C(N)c2c(F)cccc2N3)cc1. The van der Waals surface area contributed by atoms with Crippen LogP contribution >= 0.6 is 0 Å². The van der Waals surface area contributed by atoms with Gasteiger partial charge in [-0.1, -0.05) is 25.1 Å². The number of fused-ring (bicyclic) bond motifs is 1. The van der Waals surface area contributed by atoms with Gasteiger partial charge < -0.3 is 16.0 Å². The maximum Gasteiger partial charge on any atom is 0.253 e. The second-order valence-corrected chi connectivity index (χ2v) is 7.16. The van der Waals surface area contributed by atoms with Crippen molar-refractivity contribution >= 4 is 17.4 Å². The van der Waals surface area contributed by atoms with Crippen molar-refractivity contribution in [2.24, 2.45) is 10.7 Å². The summed E-state index contributed by atoms with van der Waals surface area (Å²) in [4.78, 5) is 19.2. The molecule has 0 saturated carbocycles. The lowest BCUT2D eigenvalue weighted by Gasteiger charge is -2.42. The average molecular weight is 366 g/mol. The second kappa shape index (κ2) is 6.68. The molecule has 2 aliphatic heterocycles.